The molecule has 1 aliphatic heterocycles. The van der Waals surface area contributed by atoms with Crippen LogP contribution in [0.3, 0.4) is 0 Å². The number of hydrogen-bond acceptors (Lipinski definition) is 5. The van der Waals surface area contributed by atoms with Gasteiger partial charge in [0, 0.05) is 29.8 Å². The molecule has 0 fully saturated rings. The monoisotopic (exact) mass is 451 g/mol. The van der Waals surface area contributed by atoms with Crippen LogP contribution in [0.5, 0.6) is 11.5 Å². The minimum Gasteiger partial charge on any atom is -0.454 e. The van der Waals surface area contributed by atoms with E-state index >= 15 is 0 Å². The molecule has 0 saturated heterocycles. The fraction of sp³-hybridized carbons (Fsp3) is 0.0741. The highest BCUT2D eigenvalue weighted by Crippen LogP contribution is 2.32. The predicted octanol–water partition coefficient (Wildman–Crippen LogP) is 4.55. The summed E-state index contributed by atoms with van der Waals surface area (Å²) < 4.78 is 10.7. The molecule has 7 heteroatoms. The van der Waals surface area contributed by atoms with Gasteiger partial charge in [0.25, 0.3) is 5.91 Å². The zero-order valence-corrected chi connectivity index (χ0v) is 18.2. The van der Waals surface area contributed by atoms with E-state index in [-0.39, 0.29) is 18.6 Å². The molecule has 0 radical (unpaired) electrons. The van der Waals surface area contributed by atoms with E-state index in [0.29, 0.717) is 29.3 Å². The first-order valence-corrected chi connectivity index (χ1v) is 10.8. The molecule has 34 heavy (non-hydrogen) atoms. The number of amides is 2. The van der Waals surface area contributed by atoms with Gasteiger partial charge in [0.1, 0.15) is 0 Å². The zero-order chi connectivity index (χ0) is 23.3. The molecule has 7 nitrogen and oxygen atoms in total. The third kappa shape index (κ3) is 4.59. The van der Waals surface area contributed by atoms with Crippen molar-refractivity contribution in [2.75, 3.05) is 12.1 Å². The number of aromatic nitrogens is 1. The molecule has 1 aliphatic rings. The summed E-state index contributed by atoms with van der Waals surface area (Å²) in [5, 5.41) is 6.68. The number of pyridine rings is 1. The van der Waals surface area contributed by atoms with Crippen LogP contribution in [0.2, 0.25) is 0 Å². The molecule has 0 bridgehead atoms. The number of fused-ring (bicyclic) bond motifs is 2. The third-order valence-corrected chi connectivity index (χ3v) is 5.40. The predicted molar refractivity (Wildman–Crippen MR) is 130 cm³/mol. The number of nitrogens with zero attached hydrogens (tertiary/aromatic N) is 1. The fourth-order valence-corrected chi connectivity index (χ4v) is 3.72. The van der Waals surface area contributed by atoms with Gasteiger partial charge >= 0.3 is 0 Å². The number of nitrogens with one attached hydrogen (secondary N) is 2. The summed E-state index contributed by atoms with van der Waals surface area (Å²) in [6.45, 7) is 0.509. The second kappa shape index (κ2) is 9.46. The Balaban J connectivity index is 1.26. The van der Waals surface area contributed by atoms with Crippen molar-refractivity contribution in [2.24, 2.45) is 0 Å². The molecule has 1 aromatic heterocycles. The van der Waals surface area contributed by atoms with Crippen molar-refractivity contribution in [3.63, 3.8) is 0 Å². The number of benzene rings is 3. The molecule has 2 heterocycles. The highest BCUT2D eigenvalue weighted by Gasteiger charge is 2.15. The van der Waals surface area contributed by atoms with Crippen LogP contribution in [0.25, 0.3) is 17.0 Å². The molecule has 0 atom stereocenters. The maximum Gasteiger partial charge on any atom is 0.253 e. The van der Waals surface area contributed by atoms with E-state index in [0.717, 1.165) is 22.0 Å². The van der Waals surface area contributed by atoms with Gasteiger partial charge in [0.15, 0.2) is 11.5 Å². The minimum atomic E-state index is -0.344. The smallest absolute Gasteiger partial charge is 0.253 e. The van der Waals surface area contributed by atoms with E-state index in [4.69, 9.17) is 9.47 Å². The number of anilines is 1. The van der Waals surface area contributed by atoms with E-state index in [2.05, 4.69) is 15.6 Å². The van der Waals surface area contributed by atoms with Gasteiger partial charge in [0.05, 0.1) is 16.8 Å². The number of hydrogen-bond donors (Lipinski definition) is 2. The normalized spacial score (nSPS) is 12.1. The van der Waals surface area contributed by atoms with Crippen molar-refractivity contribution in [1.82, 2.24) is 10.3 Å². The van der Waals surface area contributed by atoms with Crippen molar-refractivity contribution >= 4 is 34.5 Å². The van der Waals surface area contributed by atoms with Gasteiger partial charge in [0.2, 0.25) is 12.7 Å². The molecule has 0 unspecified atom stereocenters. The second-order valence-corrected chi connectivity index (χ2v) is 7.66. The van der Waals surface area contributed by atoms with Crippen molar-refractivity contribution in [3.05, 3.63) is 102 Å². The Hall–Kier alpha value is -4.65. The van der Waals surface area contributed by atoms with Gasteiger partial charge < -0.3 is 20.1 Å². The number of ether oxygens (including phenoxy) is 2. The van der Waals surface area contributed by atoms with Crippen LogP contribution in [-0.4, -0.2) is 23.6 Å². The first kappa shape index (κ1) is 21.2. The Labute approximate surface area is 196 Å². The van der Waals surface area contributed by atoms with Gasteiger partial charge in [-0.05, 0) is 42.0 Å². The summed E-state index contributed by atoms with van der Waals surface area (Å²) in [4.78, 5) is 29.8. The van der Waals surface area contributed by atoms with Crippen LogP contribution in [0.4, 0.5) is 5.69 Å². The van der Waals surface area contributed by atoms with E-state index in [1.807, 2.05) is 48.5 Å². The number of rotatable bonds is 6. The van der Waals surface area contributed by atoms with Crippen molar-refractivity contribution < 1.29 is 19.1 Å². The fourth-order valence-electron chi connectivity index (χ4n) is 3.72. The maximum absolute atomic E-state index is 12.8. The molecule has 0 saturated carbocycles. The summed E-state index contributed by atoms with van der Waals surface area (Å²) >= 11 is 0. The third-order valence-electron chi connectivity index (χ3n) is 5.40. The molecule has 168 valence electrons. The van der Waals surface area contributed by atoms with Crippen LogP contribution in [0, 0.1) is 0 Å². The lowest BCUT2D eigenvalue weighted by Crippen LogP contribution is -2.24. The molecule has 4 aromatic rings. The summed E-state index contributed by atoms with van der Waals surface area (Å²) in [5.41, 5.74) is 3.33. The first-order valence-electron chi connectivity index (χ1n) is 10.8. The maximum atomic E-state index is 12.8. The lowest BCUT2D eigenvalue weighted by atomic mass is 10.1. The average molecular weight is 451 g/mol. The zero-order valence-electron chi connectivity index (χ0n) is 18.2. The van der Waals surface area contributed by atoms with E-state index in [1.54, 1.807) is 36.5 Å². The van der Waals surface area contributed by atoms with Gasteiger partial charge in [-0.2, -0.15) is 0 Å². The molecule has 5 rings (SSSR count). The standard InChI is InChI=1S/C27H21N3O4/c31-25(13-11-20-6-3-5-19-7-4-14-28-26(19)20)30-22-9-2-1-8-21(22)27(32)29-16-18-10-12-23-24(15-18)34-17-33-23/h1-15H,16-17H2,(H,29,32)(H,30,31)/b13-11+. The van der Waals surface area contributed by atoms with Gasteiger partial charge in [-0.3, -0.25) is 14.6 Å². The Morgan fingerprint density at radius 1 is 0.941 bits per heavy atom. The Kier molecular flexibility index (Phi) is 5.90. The van der Waals surface area contributed by atoms with Crippen LogP contribution < -0.4 is 20.1 Å². The van der Waals surface area contributed by atoms with E-state index in [1.165, 1.54) is 6.08 Å². The van der Waals surface area contributed by atoms with Crippen molar-refractivity contribution in [1.29, 1.82) is 0 Å². The lowest BCUT2D eigenvalue weighted by molar-refractivity contribution is -0.111. The Bertz CT molecular complexity index is 1410. The Morgan fingerprint density at radius 3 is 2.74 bits per heavy atom. The second-order valence-electron chi connectivity index (χ2n) is 7.66. The largest absolute Gasteiger partial charge is 0.454 e. The van der Waals surface area contributed by atoms with Gasteiger partial charge in [-0.25, -0.2) is 0 Å². The minimum absolute atomic E-state index is 0.198. The van der Waals surface area contributed by atoms with Crippen LogP contribution >= 0.6 is 0 Å². The van der Waals surface area contributed by atoms with Crippen molar-refractivity contribution in [2.45, 2.75) is 6.54 Å². The number of para-hydroxylation sites is 2. The van der Waals surface area contributed by atoms with Crippen LogP contribution in [0.15, 0.2) is 85.1 Å². The molecule has 0 spiro atoms. The molecule has 3 aromatic carbocycles. The first-order chi connectivity index (χ1) is 16.7. The van der Waals surface area contributed by atoms with Gasteiger partial charge in [-0.15, -0.1) is 0 Å². The molecular formula is C27H21N3O4. The SMILES string of the molecule is O=C(/C=C/c1cccc2cccnc12)Nc1ccccc1C(=O)NCc1ccc2c(c1)OCO2. The average Bonchev–Trinajstić information content (AvgIpc) is 3.34. The highest BCUT2D eigenvalue weighted by atomic mass is 16.7. The summed E-state index contributed by atoms with van der Waals surface area (Å²) in [6.07, 6.45) is 4.87. The molecule has 2 N–H and O–H groups in total. The van der Waals surface area contributed by atoms with Crippen LogP contribution in [-0.2, 0) is 11.3 Å². The van der Waals surface area contributed by atoms with Crippen LogP contribution in [0.1, 0.15) is 21.5 Å². The van der Waals surface area contributed by atoms with Crippen molar-refractivity contribution in [3.8, 4) is 11.5 Å². The topological polar surface area (TPSA) is 89.6 Å². The van der Waals surface area contributed by atoms with E-state index in [9.17, 15) is 9.59 Å². The number of carbonyl (C=O) groups excluding carboxylic acids is 2. The molecule has 0 aliphatic carbocycles. The summed E-state index contributed by atoms with van der Waals surface area (Å²) in [5.74, 6) is 0.711. The van der Waals surface area contributed by atoms with E-state index < -0.39 is 0 Å². The Morgan fingerprint density at radius 2 is 1.79 bits per heavy atom. The molecular weight excluding hydrogens is 430 g/mol. The summed E-state index contributed by atoms with van der Waals surface area (Å²) in [7, 11) is 0. The van der Waals surface area contributed by atoms with Gasteiger partial charge in [-0.1, -0.05) is 42.5 Å². The summed E-state index contributed by atoms with van der Waals surface area (Å²) in [6, 6.07) is 22.0. The highest BCUT2D eigenvalue weighted by molar-refractivity contribution is 6.08. The lowest BCUT2D eigenvalue weighted by Gasteiger charge is -2.11. The number of carbonyl (C=O) groups is 2. The quantitative estimate of drug-likeness (QED) is 0.420. The molecule has 2 amide bonds.